The summed E-state index contributed by atoms with van der Waals surface area (Å²) in [4.78, 5) is 27.7. The van der Waals surface area contributed by atoms with Crippen molar-refractivity contribution < 1.29 is 23.1 Å². The van der Waals surface area contributed by atoms with Crippen LogP contribution in [0.1, 0.15) is 44.9 Å². The number of ketones is 1. The second-order valence-electron chi connectivity index (χ2n) is 10.3. The molecule has 5 rings (SSSR count). The highest BCUT2D eigenvalue weighted by atomic mass is 19.1. The van der Waals surface area contributed by atoms with Crippen LogP contribution in [0.3, 0.4) is 0 Å². The van der Waals surface area contributed by atoms with E-state index in [4.69, 9.17) is 4.74 Å². The Morgan fingerprint density at radius 3 is 2.62 bits per heavy atom. The molecule has 3 aliphatic carbocycles. The number of rotatable bonds is 9. The lowest BCUT2D eigenvalue weighted by molar-refractivity contribution is -0.132. The molecule has 0 saturated carbocycles. The molecule has 0 spiro atoms. The second-order valence-corrected chi connectivity index (χ2v) is 10.3. The molecule has 1 aliphatic heterocycles. The third-order valence-corrected chi connectivity index (χ3v) is 7.80. The fourth-order valence-corrected chi connectivity index (χ4v) is 5.71. The third-order valence-electron chi connectivity index (χ3n) is 7.80. The van der Waals surface area contributed by atoms with Crippen molar-refractivity contribution >= 4 is 17.4 Å². The van der Waals surface area contributed by atoms with Crippen LogP contribution in [0.15, 0.2) is 84.0 Å². The van der Waals surface area contributed by atoms with Crippen LogP contribution in [0, 0.1) is 17.7 Å². The number of carbonyl (C=O) groups is 2. The van der Waals surface area contributed by atoms with Gasteiger partial charge in [-0.1, -0.05) is 42.5 Å². The van der Waals surface area contributed by atoms with E-state index >= 15 is 0 Å². The molecule has 1 fully saturated rings. The van der Waals surface area contributed by atoms with Crippen LogP contribution >= 0.6 is 0 Å². The average molecular weight is 506 g/mol. The minimum absolute atomic E-state index is 0.0366. The van der Waals surface area contributed by atoms with E-state index in [0.29, 0.717) is 24.3 Å². The van der Waals surface area contributed by atoms with Gasteiger partial charge in [0.2, 0.25) is 5.91 Å². The number of β-lactam (4-membered cyclic amide) rings is 1. The molecule has 1 aromatic carbocycles. The summed E-state index contributed by atoms with van der Waals surface area (Å²) >= 11 is 0. The van der Waals surface area contributed by atoms with Gasteiger partial charge in [-0.05, 0) is 73.9 Å². The summed E-state index contributed by atoms with van der Waals surface area (Å²) in [5.74, 6) is -0.608. The maximum absolute atomic E-state index is 13.6. The lowest BCUT2D eigenvalue weighted by atomic mass is 9.72. The zero-order chi connectivity index (χ0) is 25.8. The average Bonchev–Trinajstić information content (AvgIpc) is 2.93. The molecule has 37 heavy (non-hydrogen) atoms. The van der Waals surface area contributed by atoms with E-state index in [1.165, 1.54) is 23.8 Å². The van der Waals surface area contributed by atoms with Crippen molar-refractivity contribution in [2.75, 3.05) is 11.5 Å². The highest BCUT2D eigenvalue weighted by Gasteiger charge is 2.51. The number of amides is 1. The molecule has 6 heteroatoms. The fraction of sp³-hybridized carbons (Fsp3) is 0.419. The van der Waals surface area contributed by atoms with Crippen molar-refractivity contribution in [3.8, 4) is 0 Å². The molecule has 5 atom stereocenters. The highest BCUT2D eigenvalue weighted by Crippen LogP contribution is 2.42. The number of hydrogen-bond donors (Lipinski definition) is 0. The molecule has 4 nitrogen and oxygen atoms in total. The van der Waals surface area contributed by atoms with Crippen molar-refractivity contribution in [3.63, 3.8) is 0 Å². The minimum Gasteiger partial charge on any atom is -0.370 e. The molecule has 0 bridgehead atoms. The Kier molecular flexibility index (Phi) is 7.94. The Labute approximate surface area is 217 Å². The Balaban J connectivity index is 1.26. The van der Waals surface area contributed by atoms with Gasteiger partial charge in [0.05, 0.1) is 24.7 Å². The van der Waals surface area contributed by atoms with Crippen LogP contribution in [0.25, 0.3) is 0 Å². The normalized spacial score (nSPS) is 29.1. The molecule has 0 N–H and O–H groups in total. The summed E-state index contributed by atoms with van der Waals surface area (Å²) < 4.78 is 33.1. The molecule has 4 aliphatic rings. The first-order valence-corrected chi connectivity index (χ1v) is 13.3. The Hall–Kier alpha value is -3.12. The maximum atomic E-state index is 13.6. The van der Waals surface area contributed by atoms with Gasteiger partial charge in [-0.3, -0.25) is 9.59 Å². The summed E-state index contributed by atoms with van der Waals surface area (Å²) in [6, 6.07) is 5.91. The minimum atomic E-state index is -1.04. The topological polar surface area (TPSA) is 46.6 Å². The summed E-state index contributed by atoms with van der Waals surface area (Å²) in [6.45, 7) is 0.631. The summed E-state index contributed by atoms with van der Waals surface area (Å²) in [6.07, 6.45) is 18.9. The molecular formula is C31H33F2NO3. The highest BCUT2D eigenvalue weighted by molar-refractivity contribution is 6.04. The van der Waals surface area contributed by atoms with Crippen molar-refractivity contribution in [1.82, 2.24) is 0 Å². The zero-order valence-corrected chi connectivity index (χ0v) is 20.9. The number of anilines is 1. The number of nitrogens with zero attached hydrogens (tertiary/aromatic N) is 1. The molecule has 1 saturated heterocycles. The first-order valence-electron chi connectivity index (χ1n) is 13.3. The number of hydrogen-bond acceptors (Lipinski definition) is 3. The van der Waals surface area contributed by atoms with E-state index < -0.39 is 6.17 Å². The summed E-state index contributed by atoms with van der Waals surface area (Å²) in [7, 11) is 0. The number of ether oxygens (including phenoxy) is 1. The van der Waals surface area contributed by atoms with Crippen LogP contribution in [0.4, 0.5) is 14.5 Å². The van der Waals surface area contributed by atoms with Crippen LogP contribution in [-0.2, 0) is 14.3 Å². The monoisotopic (exact) mass is 505 g/mol. The number of halogens is 2. The first kappa shape index (κ1) is 25.5. The number of allylic oxidation sites excluding steroid dienone is 7. The number of carbonyl (C=O) groups excluding carboxylic acids is 2. The van der Waals surface area contributed by atoms with Crippen molar-refractivity contribution in [1.29, 1.82) is 0 Å². The van der Waals surface area contributed by atoms with Gasteiger partial charge in [-0.15, -0.1) is 0 Å². The third kappa shape index (κ3) is 5.90. The molecule has 1 heterocycles. The van der Waals surface area contributed by atoms with Crippen molar-refractivity contribution in [2.24, 2.45) is 11.8 Å². The van der Waals surface area contributed by atoms with E-state index in [0.717, 1.165) is 25.7 Å². The van der Waals surface area contributed by atoms with Gasteiger partial charge < -0.3 is 9.64 Å². The standard InChI is InChI=1S/C31H33F2NO3/c32-24-10-6-22(7-11-24)29(35)19-18-28-30(34(31(28)36)26-14-12-25(33)13-15-26)23-8-16-27(17-9-23)37-20-21-4-2-1-3-5-21/h1-2,4,6-8,10,12-16,23-24,27-28,30H,3,5,9,11,17-20H2/t23?,24?,27?,28?,30-/m1/s1. The predicted octanol–water partition coefficient (Wildman–Crippen LogP) is 6.36. The fourth-order valence-electron chi connectivity index (χ4n) is 5.71. The van der Waals surface area contributed by atoms with E-state index in [-0.39, 0.29) is 54.3 Å². The first-order chi connectivity index (χ1) is 18.0. The van der Waals surface area contributed by atoms with Gasteiger partial charge >= 0.3 is 0 Å². The smallest absolute Gasteiger partial charge is 0.232 e. The lowest BCUT2D eigenvalue weighted by Crippen LogP contribution is -2.64. The molecule has 0 aromatic heterocycles. The predicted molar refractivity (Wildman–Crippen MR) is 140 cm³/mol. The molecule has 194 valence electrons. The van der Waals surface area contributed by atoms with Crippen LogP contribution in [0.5, 0.6) is 0 Å². The largest absolute Gasteiger partial charge is 0.370 e. The molecule has 0 radical (unpaired) electrons. The second kappa shape index (κ2) is 11.5. The summed E-state index contributed by atoms with van der Waals surface area (Å²) in [5, 5.41) is 0. The van der Waals surface area contributed by atoms with Crippen molar-refractivity contribution in [2.45, 2.75) is 63.3 Å². The van der Waals surface area contributed by atoms with E-state index in [9.17, 15) is 18.4 Å². The van der Waals surface area contributed by atoms with Crippen LogP contribution in [0.2, 0.25) is 0 Å². The molecule has 4 unspecified atom stereocenters. The molecule has 1 aromatic rings. The van der Waals surface area contributed by atoms with E-state index in [2.05, 4.69) is 30.4 Å². The maximum Gasteiger partial charge on any atom is 0.232 e. The Bertz CT molecular complexity index is 1160. The lowest BCUT2D eigenvalue weighted by Gasteiger charge is -2.51. The Morgan fingerprint density at radius 1 is 1.11 bits per heavy atom. The van der Waals surface area contributed by atoms with Gasteiger partial charge in [0.1, 0.15) is 12.0 Å². The van der Waals surface area contributed by atoms with Crippen molar-refractivity contribution in [3.05, 3.63) is 89.8 Å². The van der Waals surface area contributed by atoms with Gasteiger partial charge in [-0.25, -0.2) is 8.78 Å². The van der Waals surface area contributed by atoms with Crippen LogP contribution in [-0.4, -0.2) is 36.6 Å². The van der Waals surface area contributed by atoms with Gasteiger partial charge in [-0.2, -0.15) is 0 Å². The number of alkyl halides is 1. The van der Waals surface area contributed by atoms with Gasteiger partial charge in [0.25, 0.3) is 0 Å². The Morgan fingerprint density at radius 2 is 1.95 bits per heavy atom. The number of Topliss-reactive ketones (excluding diaryl/α,β-unsaturated/α-hetero) is 1. The summed E-state index contributed by atoms with van der Waals surface area (Å²) in [5.41, 5.74) is 2.50. The quantitative estimate of drug-likeness (QED) is 0.290. The SMILES string of the molecule is O=C(CCC1C(=O)N(c2ccc(F)cc2)[C@@H]1C1C=CC(OCC2=CC=CCC2)CC1)C1=CCC(F)C=C1. The van der Waals surface area contributed by atoms with E-state index in [1.807, 2.05) is 0 Å². The zero-order valence-electron chi connectivity index (χ0n) is 20.9. The molecular weight excluding hydrogens is 472 g/mol. The van der Waals surface area contributed by atoms with Crippen LogP contribution < -0.4 is 4.90 Å². The van der Waals surface area contributed by atoms with E-state index in [1.54, 1.807) is 29.2 Å². The number of benzene rings is 1. The van der Waals surface area contributed by atoms with Gasteiger partial charge in [0, 0.05) is 24.1 Å². The molecule has 1 amide bonds. The van der Waals surface area contributed by atoms with Gasteiger partial charge in [0.15, 0.2) is 5.78 Å².